The van der Waals surface area contributed by atoms with Gasteiger partial charge in [0.05, 0.1) is 30.6 Å². The Morgan fingerprint density at radius 1 is 1.22 bits per heavy atom. The van der Waals surface area contributed by atoms with E-state index >= 15 is 0 Å². The maximum absolute atomic E-state index is 13.1. The maximum Gasteiger partial charge on any atom is 0.252 e. The molecule has 0 aliphatic carbocycles. The molecule has 2 aromatic rings. The molecule has 0 bridgehead atoms. The zero-order valence-electron chi connectivity index (χ0n) is 17.7. The summed E-state index contributed by atoms with van der Waals surface area (Å²) in [5.41, 5.74) is 1.42. The van der Waals surface area contributed by atoms with Crippen molar-refractivity contribution in [2.45, 2.75) is 37.5 Å². The molecule has 0 N–H and O–H groups in total. The third-order valence-corrected chi connectivity index (χ3v) is 8.63. The standard InChI is InChI=1S/C23H25FN2O4S2/c1-2-3-11-30-19-6-4-5-18(13-19)26-20-14-32(28,29)15-21(20)31-23(26)25-22(27)12-16-7-9-17(24)10-8-16/h4-10,13,20-21H,2-3,11-12,14-15H2,1H3/t20-,21-/m0/s1. The average Bonchev–Trinajstić information content (AvgIpc) is 3.20. The van der Waals surface area contributed by atoms with E-state index in [0.717, 1.165) is 18.5 Å². The fourth-order valence-corrected chi connectivity index (χ4v) is 7.78. The number of carbonyl (C=O) groups is 1. The predicted molar refractivity (Wildman–Crippen MR) is 126 cm³/mol. The Balaban J connectivity index is 1.60. The second kappa shape index (κ2) is 9.62. The summed E-state index contributed by atoms with van der Waals surface area (Å²) in [6.07, 6.45) is 2.01. The molecule has 0 unspecified atom stereocenters. The number of halogens is 1. The fraction of sp³-hybridized carbons (Fsp3) is 0.391. The van der Waals surface area contributed by atoms with Crippen LogP contribution in [-0.2, 0) is 21.1 Å². The van der Waals surface area contributed by atoms with Crippen LogP contribution < -0.4 is 9.64 Å². The van der Waals surface area contributed by atoms with Crippen LogP contribution in [0.3, 0.4) is 0 Å². The monoisotopic (exact) mass is 476 g/mol. The SMILES string of the molecule is CCCCOc1cccc(N2C(=NC(=O)Cc3ccc(F)cc3)S[C@H]3CS(=O)(=O)C[C@@H]32)c1. The largest absolute Gasteiger partial charge is 0.494 e. The second-order valence-corrected chi connectivity index (χ2v) is 11.3. The van der Waals surface area contributed by atoms with Crippen molar-refractivity contribution in [3.05, 3.63) is 59.9 Å². The third kappa shape index (κ3) is 5.32. The van der Waals surface area contributed by atoms with Gasteiger partial charge in [-0.25, -0.2) is 12.8 Å². The van der Waals surface area contributed by atoms with Crippen molar-refractivity contribution in [2.24, 2.45) is 4.99 Å². The van der Waals surface area contributed by atoms with E-state index in [4.69, 9.17) is 4.74 Å². The van der Waals surface area contributed by atoms with Gasteiger partial charge in [-0.1, -0.05) is 43.3 Å². The summed E-state index contributed by atoms with van der Waals surface area (Å²) in [7, 11) is -3.15. The Morgan fingerprint density at radius 2 is 2.00 bits per heavy atom. The van der Waals surface area contributed by atoms with Gasteiger partial charge in [-0.05, 0) is 36.2 Å². The van der Waals surface area contributed by atoms with E-state index in [2.05, 4.69) is 11.9 Å². The molecule has 0 spiro atoms. The summed E-state index contributed by atoms with van der Waals surface area (Å²) >= 11 is 1.33. The van der Waals surface area contributed by atoms with Crippen LogP contribution in [0.25, 0.3) is 0 Å². The Hall–Kier alpha value is -2.39. The molecule has 2 aliphatic rings. The first-order chi connectivity index (χ1) is 15.3. The van der Waals surface area contributed by atoms with Gasteiger partial charge in [0.2, 0.25) is 0 Å². The van der Waals surface area contributed by atoms with Gasteiger partial charge in [0.1, 0.15) is 11.6 Å². The van der Waals surface area contributed by atoms with Crippen LogP contribution in [0, 0.1) is 5.82 Å². The van der Waals surface area contributed by atoms with Crippen molar-refractivity contribution in [1.82, 2.24) is 0 Å². The molecule has 2 saturated heterocycles. The number of amidine groups is 1. The first-order valence-electron chi connectivity index (χ1n) is 10.6. The van der Waals surface area contributed by atoms with Gasteiger partial charge in [0, 0.05) is 17.0 Å². The predicted octanol–water partition coefficient (Wildman–Crippen LogP) is 3.85. The van der Waals surface area contributed by atoms with Crippen molar-refractivity contribution in [3.63, 3.8) is 0 Å². The van der Waals surface area contributed by atoms with E-state index in [0.29, 0.717) is 23.1 Å². The van der Waals surface area contributed by atoms with E-state index in [1.807, 2.05) is 29.2 Å². The minimum atomic E-state index is -3.15. The highest BCUT2D eigenvalue weighted by Crippen LogP contribution is 2.41. The molecule has 2 heterocycles. The number of ether oxygens (including phenoxy) is 1. The molecule has 0 saturated carbocycles. The molecule has 2 fully saturated rings. The van der Waals surface area contributed by atoms with Gasteiger partial charge < -0.3 is 9.64 Å². The molecule has 2 aromatic carbocycles. The number of nitrogens with zero attached hydrogens (tertiary/aromatic N) is 2. The van der Waals surface area contributed by atoms with E-state index in [9.17, 15) is 17.6 Å². The zero-order valence-corrected chi connectivity index (χ0v) is 19.4. The Kier molecular flexibility index (Phi) is 6.85. The summed E-state index contributed by atoms with van der Waals surface area (Å²) in [6.45, 7) is 2.69. The number of fused-ring (bicyclic) bond motifs is 1. The summed E-state index contributed by atoms with van der Waals surface area (Å²) in [5.74, 6) is 0.0672. The maximum atomic E-state index is 13.1. The lowest BCUT2D eigenvalue weighted by Crippen LogP contribution is -2.37. The lowest BCUT2D eigenvalue weighted by molar-refractivity contribution is -0.117. The smallest absolute Gasteiger partial charge is 0.252 e. The average molecular weight is 477 g/mol. The van der Waals surface area contributed by atoms with Gasteiger partial charge in [-0.15, -0.1) is 0 Å². The number of amides is 1. The molecule has 170 valence electrons. The molecular weight excluding hydrogens is 451 g/mol. The lowest BCUT2D eigenvalue weighted by atomic mass is 10.1. The number of hydrogen-bond donors (Lipinski definition) is 0. The molecule has 0 aromatic heterocycles. The van der Waals surface area contributed by atoms with Crippen LogP contribution in [-0.4, -0.2) is 48.9 Å². The lowest BCUT2D eigenvalue weighted by Gasteiger charge is -2.25. The van der Waals surface area contributed by atoms with Crippen LogP contribution in [0.2, 0.25) is 0 Å². The molecular formula is C23H25FN2O4S2. The molecule has 2 aliphatic heterocycles. The van der Waals surface area contributed by atoms with Gasteiger partial charge in [0.25, 0.3) is 5.91 Å². The van der Waals surface area contributed by atoms with Crippen LogP contribution in [0.5, 0.6) is 5.75 Å². The van der Waals surface area contributed by atoms with E-state index in [1.165, 1.54) is 23.9 Å². The number of unbranched alkanes of at least 4 members (excludes halogenated alkanes) is 1. The Morgan fingerprint density at radius 3 is 2.75 bits per heavy atom. The molecule has 2 atom stereocenters. The van der Waals surface area contributed by atoms with Crippen LogP contribution >= 0.6 is 11.8 Å². The number of sulfone groups is 1. The van der Waals surface area contributed by atoms with Crippen molar-refractivity contribution in [3.8, 4) is 5.75 Å². The summed E-state index contributed by atoms with van der Waals surface area (Å²) in [6, 6.07) is 12.9. The highest BCUT2D eigenvalue weighted by atomic mass is 32.2. The van der Waals surface area contributed by atoms with E-state index in [-0.39, 0.29) is 40.9 Å². The first-order valence-corrected chi connectivity index (χ1v) is 13.3. The molecule has 0 radical (unpaired) electrons. The number of anilines is 1. The summed E-state index contributed by atoms with van der Waals surface area (Å²) in [5, 5.41) is 0.315. The molecule has 1 amide bonds. The molecule has 4 rings (SSSR count). The van der Waals surface area contributed by atoms with Crippen LogP contribution in [0.1, 0.15) is 25.3 Å². The highest BCUT2D eigenvalue weighted by molar-refractivity contribution is 8.16. The number of aliphatic imine (C=N–C) groups is 1. The van der Waals surface area contributed by atoms with E-state index in [1.54, 1.807) is 12.1 Å². The number of hydrogen-bond acceptors (Lipinski definition) is 5. The van der Waals surface area contributed by atoms with Gasteiger partial charge in [-0.2, -0.15) is 4.99 Å². The number of thioether (sulfide) groups is 1. The van der Waals surface area contributed by atoms with Gasteiger partial charge in [0.15, 0.2) is 15.0 Å². The minimum Gasteiger partial charge on any atom is -0.494 e. The van der Waals surface area contributed by atoms with E-state index < -0.39 is 9.84 Å². The van der Waals surface area contributed by atoms with Crippen molar-refractivity contribution < 1.29 is 22.3 Å². The van der Waals surface area contributed by atoms with Crippen LogP contribution in [0.15, 0.2) is 53.5 Å². The highest BCUT2D eigenvalue weighted by Gasteiger charge is 2.49. The molecule has 9 heteroatoms. The van der Waals surface area contributed by atoms with Crippen molar-refractivity contribution >= 4 is 38.4 Å². The van der Waals surface area contributed by atoms with Crippen molar-refractivity contribution in [2.75, 3.05) is 23.0 Å². The Bertz CT molecular complexity index is 1120. The Labute approximate surface area is 191 Å². The van der Waals surface area contributed by atoms with Gasteiger partial charge >= 0.3 is 0 Å². The fourth-order valence-electron chi connectivity index (χ4n) is 3.85. The first kappa shape index (κ1) is 22.8. The number of benzene rings is 2. The molecule has 6 nitrogen and oxygen atoms in total. The number of carbonyl (C=O) groups excluding carboxylic acids is 1. The van der Waals surface area contributed by atoms with Crippen molar-refractivity contribution in [1.29, 1.82) is 0 Å². The quantitative estimate of drug-likeness (QED) is 0.565. The number of rotatable bonds is 7. The van der Waals surface area contributed by atoms with Crippen LogP contribution in [0.4, 0.5) is 10.1 Å². The third-order valence-electron chi connectivity index (χ3n) is 5.42. The zero-order chi connectivity index (χ0) is 22.7. The van der Waals surface area contributed by atoms with Gasteiger partial charge in [-0.3, -0.25) is 4.79 Å². The normalized spacial score (nSPS) is 22.8. The topological polar surface area (TPSA) is 76.0 Å². The molecule has 32 heavy (non-hydrogen) atoms. The minimum absolute atomic E-state index is 0.0246. The summed E-state index contributed by atoms with van der Waals surface area (Å²) < 4.78 is 43.5. The summed E-state index contributed by atoms with van der Waals surface area (Å²) in [4.78, 5) is 18.8. The second-order valence-electron chi connectivity index (χ2n) is 7.96.